The van der Waals surface area contributed by atoms with Crippen molar-refractivity contribution in [2.24, 2.45) is 0 Å². The van der Waals surface area contributed by atoms with Crippen molar-refractivity contribution < 1.29 is 0 Å². The maximum atomic E-state index is 2.60. The van der Waals surface area contributed by atoms with E-state index in [1.54, 1.807) is 0 Å². The first-order valence-electron chi connectivity index (χ1n) is 23.6. The number of fused-ring (bicyclic) bond motifs is 8. The molecule has 0 saturated carbocycles. The topological polar surface area (TPSA) is 0 Å². The Morgan fingerprint density at radius 2 is 0.571 bits per heavy atom. The zero-order valence-corrected chi connectivity index (χ0v) is 39.9. The van der Waals surface area contributed by atoms with Crippen molar-refractivity contribution in [2.45, 2.75) is 135 Å². The largest absolute Gasteiger partial charge is 0.0622 e. The summed E-state index contributed by atoms with van der Waals surface area (Å²) in [5.41, 5.74) is 27.3. The van der Waals surface area contributed by atoms with Crippen LogP contribution in [0.1, 0.15) is 184 Å². The molecule has 10 rings (SSSR count). The fourth-order valence-corrected chi connectivity index (χ4v) is 11.1. The number of benzene rings is 7. The molecule has 63 heavy (non-hydrogen) atoms. The van der Waals surface area contributed by atoms with Gasteiger partial charge in [-0.15, -0.1) is 0 Å². The van der Waals surface area contributed by atoms with Crippen molar-refractivity contribution in [3.05, 3.63) is 223 Å². The van der Waals surface area contributed by atoms with E-state index in [1.807, 2.05) is 0 Å². The molecule has 0 spiro atoms. The summed E-state index contributed by atoms with van der Waals surface area (Å²) in [6.07, 6.45) is 2.03. The highest BCUT2D eigenvalue weighted by molar-refractivity contribution is 5.83. The monoisotopic (exact) mass is 823 g/mol. The van der Waals surface area contributed by atoms with Gasteiger partial charge in [-0.05, 0) is 140 Å². The lowest BCUT2D eigenvalue weighted by atomic mass is 9.79. The van der Waals surface area contributed by atoms with Crippen LogP contribution in [-0.2, 0) is 34.5 Å². The van der Waals surface area contributed by atoms with Crippen LogP contribution in [0.5, 0.6) is 0 Å². The summed E-state index contributed by atoms with van der Waals surface area (Å²) in [6.45, 7) is 28.0. The molecule has 0 amide bonds. The predicted octanol–water partition coefficient (Wildman–Crippen LogP) is 16.5. The van der Waals surface area contributed by atoms with E-state index >= 15 is 0 Å². The molecule has 0 atom stereocenters. The summed E-state index contributed by atoms with van der Waals surface area (Å²) >= 11 is 0. The second-order valence-electron chi connectivity index (χ2n) is 23.3. The van der Waals surface area contributed by atoms with Crippen molar-refractivity contribution in [1.29, 1.82) is 0 Å². The molecule has 7 aromatic rings. The van der Waals surface area contributed by atoms with Crippen LogP contribution in [0.4, 0.5) is 0 Å². The summed E-state index contributed by atoms with van der Waals surface area (Å²) in [6, 6.07) is 55.7. The second-order valence-corrected chi connectivity index (χ2v) is 23.3. The van der Waals surface area contributed by atoms with Crippen molar-refractivity contribution in [2.75, 3.05) is 0 Å². The molecule has 0 fully saturated rings. The van der Waals surface area contributed by atoms with Gasteiger partial charge in [0.15, 0.2) is 0 Å². The van der Waals surface area contributed by atoms with Gasteiger partial charge in [0.05, 0.1) is 0 Å². The quantitative estimate of drug-likeness (QED) is 0.167. The maximum absolute atomic E-state index is 2.60. The summed E-state index contributed by atoms with van der Waals surface area (Å²) < 4.78 is 0. The molecule has 0 nitrogen and oxygen atoms in total. The zero-order chi connectivity index (χ0) is 44.4. The van der Waals surface area contributed by atoms with Gasteiger partial charge in [-0.1, -0.05) is 223 Å². The average molecular weight is 823 g/mol. The highest BCUT2D eigenvalue weighted by atomic mass is 14.4. The third-order valence-corrected chi connectivity index (χ3v) is 14.9. The summed E-state index contributed by atoms with van der Waals surface area (Å²) in [7, 11) is 0. The van der Waals surface area contributed by atoms with Gasteiger partial charge < -0.3 is 0 Å². The van der Waals surface area contributed by atoms with E-state index < -0.39 is 0 Å². The van der Waals surface area contributed by atoms with E-state index in [4.69, 9.17) is 0 Å². The molecule has 0 saturated heterocycles. The first-order chi connectivity index (χ1) is 29.8. The van der Waals surface area contributed by atoms with E-state index in [0.717, 1.165) is 12.8 Å². The van der Waals surface area contributed by atoms with Crippen molar-refractivity contribution >= 4 is 0 Å². The molecule has 0 unspecified atom stereocenters. The van der Waals surface area contributed by atoms with Gasteiger partial charge >= 0.3 is 0 Å². The Morgan fingerprint density at radius 3 is 0.873 bits per heavy atom. The molecule has 0 bridgehead atoms. The lowest BCUT2D eigenvalue weighted by molar-refractivity contribution is 0.589. The predicted molar refractivity (Wildman–Crippen MR) is 268 cm³/mol. The van der Waals surface area contributed by atoms with Gasteiger partial charge in [0, 0.05) is 17.8 Å². The standard InChI is InChI=1S/C63H66/c1-60(2,3)43-22-28-49-53(34-43)54-35-44(61(4,5)6)23-29-50(54)58(49)41-20-26-47-39(32-41)18-19-40-33-42(21-27-48(40)57(47)38-16-14-13-15-17-38)59-51-30-24-45(62(7,8)9)36-55(51)56-37-46(63(10,11)12)25-31-52(56)59/h13-17,20-37,57-59H,18-19H2,1-12H3. The zero-order valence-electron chi connectivity index (χ0n) is 39.9. The van der Waals surface area contributed by atoms with E-state index in [1.165, 1.54) is 106 Å². The van der Waals surface area contributed by atoms with Gasteiger partial charge in [-0.25, -0.2) is 0 Å². The van der Waals surface area contributed by atoms with Crippen LogP contribution in [0, 0.1) is 0 Å². The van der Waals surface area contributed by atoms with E-state index in [-0.39, 0.29) is 39.4 Å². The lowest BCUT2D eigenvalue weighted by Gasteiger charge is -2.25. The summed E-state index contributed by atoms with van der Waals surface area (Å²) in [4.78, 5) is 0. The normalized spacial score (nSPS) is 15.3. The molecular weight excluding hydrogens is 757 g/mol. The molecule has 318 valence electrons. The summed E-state index contributed by atoms with van der Waals surface area (Å²) in [5.74, 6) is 0.576. The van der Waals surface area contributed by atoms with Gasteiger partial charge in [0.25, 0.3) is 0 Å². The Bertz CT molecular complexity index is 2620. The third kappa shape index (κ3) is 7.13. The van der Waals surface area contributed by atoms with Crippen LogP contribution in [0.3, 0.4) is 0 Å². The molecule has 0 aromatic heterocycles. The number of hydrogen-bond donors (Lipinski definition) is 0. The molecule has 0 heteroatoms. The Balaban J connectivity index is 1.09. The number of hydrogen-bond acceptors (Lipinski definition) is 0. The minimum Gasteiger partial charge on any atom is -0.0622 e. The number of rotatable bonds is 3. The van der Waals surface area contributed by atoms with E-state index in [9.17, 15) is 0 Å². The molecule has 0 aliphatic heterocycles. The first-order valence-corrected chi connectivity index (χ1v) is 23.6. The molecule has 0 N–H and O–H groups in total. The van der Waals surface area contributed by atoms with Gasteiger partial charge in [0.1, 0.15) is 0 Å². The van der Waals surface area contributed by atoms with Crippen molar-refractivity contribution in [1.82, 2.24) is 0 Å². The molecule has 0 radical (unpaired) electrons. The molecule has 7 aromatic carbocycles. The molecule has 0 heterocycles. The molecule has 3 aliphatic carbocycles. The summed E-state index contributed by atoms with van der Waals surface area (Å²) in [5, 5.41) is 0. The SMILES string of the molecule is CC(C)(C)c1ccc2c(c1)-c1cc(C(C)(C)C)ccc1C2c1ccc2c(c1)CCc1cc(C3c4ccc(C(C)(C)C)cc4-c4cc(C(C)(C)C)ccc43)ccc1C2c1ccccc1. The van der Waals surface area contributed by atoms with Crippen LogP contribution in [-0.4, -0.2) is 0 Å². The van der Waals surface area contributed by atoms with Gasteiger partial charge in [0.2, 0.25) is 0 Å². The minimum atomic E-state index is 0.0798. The van der Waals surface area contributed by atoms with Crippen LogP contribution in [0.25, 0.3) is 22.3 Å². The third-order valence-electron chi connectivity index (χ3n) is 14.9. The van der Waals surface area contributed by atoms with Crippen LogP contribution < -0.4 is 0 Å². The first kappa shape index (κ1) is 41.5. The fourth-order valence-electron chi connectivity index (χ4n) is 11.1. The number of aryl methyl sites for hydroxylation is 2. The van der Waals surface area contributed by atoms with E-state index in [2.05, 4.69) is 223 Å². The van der Waals surface area contributed by atoms with Gasteiger partial charge in [-0.3, -0.25) is 0 Å². The van der Waals surface area contributed by atoms with Gasteiger partial charge in [-0.2, -0.15) is 0 Å². The Hall–Kier alpha value is -5.46. The highest BCUT2D eigenvalue weighted by Gasteiger charge is 2.36. The average Bonchev–Trinajstić information content (AvgIpc) is 3.68. The Labute approximate surface area is 378 Å². The highest BCUT2D eigenvalue weighted by Crippen LogP contribution is 2.53. The van der Waals surface area contributed by atoms with Crippen LogP contribution >= 0.6 is 0 Å². The smallest absolute Gasteiger partial charge is 0.0352 e. The Kier molecular flexibility index (Phi) is 9.59. The van der Waals surface area contributed by atoms with Crippen molar-refractivity contribution in [3.8, 4) is 22.3 Å². The molecule has 3 aliphatic rings. The van der Waals surface area contributed by atoms with Crippen molar-refractivity contribution in [3.63, 3.8) is 0 Å². The Morgan fingerprint density at radius 1 is 0.286 bits per heavy atom. The lowest BCUT2D eigenvalue weighted by Crippen LogP contribution is -2.11. The second kappa shape index (κ2) is 14.5. The maximum Gasteiger partial charge on any atom is 0.0352 e. The van der Waals surface area contributed by atoms with Crippen LogP contribution in [0.2, 0.25) is 0 Å². The minimum absolute atomic E-state index is 0.0798. The van der Waals surface area contributed by atoms with Crippen LogP contribution in [0.15, 0.2) is 140 Å². The molecular formula is C63H66. The van der Waals surface area contributed by atoms with E-state index in [0.29, 0.717) is 0 Å². The fraction of sp³-hybridized carbons (Fsp3) is 0.333.